The highest BCUT2D eigenvalue weighted by molar-refractivity contribution is 6.76. The molecule has 2 aromatic heterocycles. The Morgan fingerprint density at radius 2 is 1.81 bits per heavy atom. The third-order valence-electron chi connectivity index (χ3n) is 5.47. The summed E-state index contributed by atoms with van der Waals surface area (Å²) < 4.78 is 34.6. The van der Waals surface area contributed by atoms with Crippen molar-refractivity contribution in [3.05, 3.63) is 24.3 Å². The smallest absolute Gasteiger partial charge is 0.399 e. The minimum Gasteiger partial charge on any atom is -0.399 e. The summed E-state index contributed by atoms with van der Waals surface area (Å²) in [5.41, 5.74) is 0.229. The summed E-state index contributed by atoms with van der Waals surface area (Å²) in [4.78, 5) is 4.37. The highest BCUT2D eigenvalue weighted by Crippen LogP contribution is 2.37. The fourth-order valence-corrected chi connectivity index (χ4v) is 3.75. The Kier molecular flexibility index (Phi) is 5.31. The van der Waals surface area contributed by atoms with Gasteiger partial charge in [0.25, 0.3) is 0 Å². The molecule has 0 aliphatic carbocycles. The molecule has 5 nitrogen and oxygen atoms in total. The highest BCUT2D eigenvalue weighted by Gasteiger charge is 2.52. The summed E-state index contributed by atoms with van der Waals surface area (Å²) in [6.07, 6.45) is 3.32. The van der Waals surface area contributed by atoms with E-state index < -0.39 is 26.4 Å². The summed E-state index contributed by atoms with van der Waals surface area (Å²) >= 11 is 0. The van der Waals surface area contributed by atoms with E-state index >= 15 is 0 Å². The van der Waals surface area contributed by atoms with Crippen molar-refractivity contribution in [3.8, 4) is 0 Å². The van der Waals surface area contributed by atoms with E-state index in [0.29, 0.717) is 29.8 Å². The molecule has 1 saturated heterocycles. The molecular weight excluding hydrogens is 362 g/mol. The number of halogens is 1. The van der Waals surface area contributed by atoms with Crippen molar-refractivity contribution in [2.75, 3.05) is 6.61 Å². The van der Waals surface area contributed by atoms with Crippen molar-refractivity contribution in [2.45, 2.75) is 71.3 Å². The van der Waals surface area contributed by atoms with E-state index in [9.17, 15) is 4.39 Å². The minimum absolute atomic E-state index is 0.328. The van der Waals surface area contributed by atoms with Gasteiger partial charge < -0.3 is 18.6 Å². The Bertz CT molecular complexity index is 816. The van der Waals surface area contributed by atoms with Gasteiger partial charge in [-0.3, -0.25) is 0 Å². The lowest BCUT2D eigenvalue weighted by molar-refractivity contribution is 0.00578. The molecule has 27 heavy (non-hydrogen) atoms. The zero-order valence-electron chi connectivity index (χ0n) is 17.4. The summed E-state index contributed by atoms with van der Waals surface area (Å²) in [6.45, 7) is 15.9. The third-order valence-corrected chi connectivity index (χ3v) is 7.17. The first-order chi connectivity index (χ1) is 12.4. The molecule has 1 fully saturated rings. The van der Waals surface area contributed by atoms with E-state index in [2.05, 4.69) is 24.6 Å². The van der Waals surface area contributed by atoms with Crippen molar-refractivity contribution in [1.29, 1.82) is 0 Å². The Morgan fingerprint density at radius 3 is 2.41 bits per heavy atom. The molecule has 0 N–H and O–H groups in total. The number of aromatic nitrogens is 2. The van der Waals surface area contributed by atoms with Crippen LogP contribution in [0.1, 0.15) is 27.7 Å². The predicted molar refractivity (Wildman–Crippen MR) is 110 cm³/mol. The van der Waals surface area contributed by atoms with Crippen LogP contribution in [0.4, 0.5) is 4.39 Å². The fraction of sp³-hybridized carbons (Fsp3) is 0.632. The van der Waals surface area contributed by atoms with Crippen LogP contribution in [0.3, 0.4) is 0 Å². The first kappa shape index (κ1) is 20.5. The number of nitrogens with zero attached hydrogens (tertiary/aromatic N) is 2. The van der Waals surface area contributed by atoms with E-state index in [1.165, 1.54) is 12.3 Å². The van der Waals surface area contributed by atoms with Crippen molar-refractivity contribution in [3.63, 3.8) is 0 Å². The van der Waals surface area contributed by atoms with Gasteiger partial charge >= 0.3 is 7.12 Å². The van der Waals surface area contributed by atoms with Gasteiger partial charge in [0, 0.05) is 32.5 Å². The molecule has 148 valence electrons. The van der Waals surface area contributed by atoms with Crippen LogP contribution < -0.4 is 5.46 Å². The van der Waals surface area contributed by atoms with Gasteiger partial charge in [-0.1, -0.05) is 19.6 Å². The van der Waals surface area contributed by atoms with E-state index in [-0.39, 0.29) is 5.82 Å². The molecule has 0 spiro atoms. The molecule has 0 amide bonds. The molecule has 0 bridgehead atoms. The molecule has 0 aromatic carbocycles. The van der Waals surface area contributed by atoms with Crippen LogP contribution in [0, 0.1) is 5.82 Å². The Morgan fingerprint density at radius 1 is 1.19 bits per heavy atom. The third kappa shape index (κ3) is 4.13. The molecule has 0 atom stereocenters. The molecule has 3 rings (SSSR count). The lowest BCUT2D eigenvalue weighted by Gasteiger charge is -2.32. The van der Waals surface area contributed by atoms with E-state index in [4.69, 9.17) is 14.0 Å². The summed E-state index contributed by atoms with van der Waals surface area (Å²) in [5, 5.41) is 0.435. The first-order valence-electron chi connectivity index (χ1n) is 9.48. The van der Waals surface area contributed by atoms with Crippen LogP contribution in [0.5, 0.6) is 0 Å². The maximum atomic E-state index is 14.6. The number of ether oxygens (including phenoxy) is 1. The summed E-state index contributed by atoms with van der Waals surface area (Å²) in [7, 11) is -1.80. The number of rotatable bonds is 6. The van der Waals surface area contributed by atoms with Gasteiger partial charge in [-0.25, -0.2) is 9.37 Å². The normalized spacial score (nSPS) is 19.2. The first-order valence-corrected chi connectivity index (χ1v) is 13.2. The molecule has 1 aliphatic heterocycles. The van der Waals surface area contributed by atoms with Crippen LogP contribution in [0.2, 0.25) is 25.7 Å². The van der Waals surface area contributed by atoms with E-state index in [1.54, 1.807) is 0 Å². The molecule has 3 heterocycles. The quantitative estimate of drug-likeness (QED) is 0.554. The number of hydrogen-bond donors (Lipinski definition) is 0. The van der Waals surface area contributed by atoms with Crippen molar-refractivity contribution >= 4 is 31.7 Å². The average Bonchev–Trinajstić information content (AvgIpc) is 2.99. The second-order valence-electron chi connectivity index (χ2n) is 9.48. The van der Waals surface area contributed by atoms with Gasteiger partial charge in [-0.05, 0) is 39.8 Å². The van der Waals surface area contributed by atoms with Gasteiger partial charge in [0.05, 0.1) is 16.6 Å². The maximum Gasteiger partial charge on any atom is 0.497 e. The van der Waals surface area contributed by atoms with Crippen molar-refractivity contribution in [2.24, 2.45) is 0 Å². The zero-order chi connectivity index (χ0) is 20.0. The number of pyridine rings is 1. The monoisotopic (exact) mass is 392 g/mol. The minimum atomic E-state index is -1.16. The fourth-order valence-electron chi connectivity index (χ4n) is 2.99. The highest BCUT2D eigenvalue weighted by atomic mass is 28.3. The molecule has 0 saturated carbocycles. The zero-order valence-corrected chi connectivity index (χ0v) is 18.4. The largest absolute Gasteiger partial charge is 0.497 e. The second-order valence-corrected chi connectivity index (χ2v) is 15.1. The summed E-state index contributed by atoms with van der Waals surface area (Å²) in [6, 6.07) is 2.45. The number of hydrogen-bond acceptors (Lipinski definition) is 4. The summed E-state index contributed by atoms with van der Waals surface area (Å²) in [5.74, 6) is -0.328. The standard InChI is InChI=1S/C19H30BFN2O3Si/c1-18(2)19(3,4)26-20(25-18)14-12-23(13-24-10-11-27(5,6)7)17-16(14)15(21)8-9-22-17/h8-9,12H,10-11,13H2,1-7H3. The van der Waals surface area contributed by atoms with Crippen LogP contribution in [0.25, 0.3) is 11.0 Å². The van der Waals surface area contributed by atoms with Gasteiger partial charge in [-0.2, -0.15) is 0 Å². The van der Waals surface area contributed by atoms with Crippen LogP contribution in [0.15, 0.2) is 18.5 Å². The van der Waals surface area contributed by atoms with Crippen LogP contribution >= 0.6 is 0 Å². The van der Waals surface area contributed by atoms with Gasteiger partial charge in [0.15, 0.2) is 0 Å². The van der Waals surface area contributed by atoms with Gasteiger partial charge in [0.1, 0.15) is 18.2 Å². The Labute approximate surface area is 162 Å². The average molecular weight is 392 g/mol. The van der Waals surface area contributed by atoms with E-state index in [1.807, 2.05) is 38.5 Å². The topological polar surface area (TPSA) is 45.5 Å². The molecule has 8 heteroatoms. The molecular formula is C19H30BFN2O3Si. The molecule has 0 radical (unpaired) electrons. The van der Waals surface area contributed by atoms with Crippen LogP contribution in [-0.4, -0.2) is 42.6 Å². The van der Waals surface area contributed by atoms with Crippen molar-refractivity contribution in [1.82, 2.24) is 9.55 Å². The number of fused-ring (bicyclic) bond motifs is 1. The van der Waals surface area contributed by atoms with E-state index in [0.717, 1.165) is 6.04 Å². The molecule has 1 aliphatic rings. The Hall–Kier alpha value is -1.22. The van der Waals surface area contributed by atoms with Gasteiger partial charge in [-0.15, -0.1) is 0 Å². The van der Waals surface area contributed by atoms with Gasteiger partial charge in [0.2, 0.25) is 0 Å². The predicted octanol–water partition coefficient (Wildman–Crippen LogP) is 3.79. The lowest BCUT2D eigenvalue weighted by Crippen LogP contribution is -2.41. The maximum absolute atomic E-state index is 14.6. The lowest BCUT2D eigenvalue weighted by atomic mass is 9.79. The van der Waals surface area contributed by atoms with Crippen molar-refractivity contribution < 1.29 is 18.4 Å². The SMILES string of the molecule is CC1(C)OB(c2cn(COCC[Si](C)(C)C)c3nccc(F)c23)OC1(C)C. The Balaban J connectivity index is 1.89. The van der Waals surface area contributed by atoms with Crippen LogP contribution in [-0.2, 0) is 20.8 Å². The molecule has 0 unspecified atom stereocenters. The molecule has 2 aromatic rings. The second kappa shape index (κ2) is 6.99.